The molecule has 7 heteroatoms. The van der Waals surface area contributed by atoms with Gasteiger partial charge in [0.25, 0.3) is 5.91 Å². The van der Waals surface area contributed by atoms with Gasteiger partial charge in [0.2, 0.25) is 5.91 Å². The first-order valence-corrected chi connectivity index (χ1v) is 12.5. The number of urea groups is 1. The number of imide groups is 1. The molecule has 0 aromatic carbocycles. The largest absolute Gasteiger partial charge is 0.341 e. The summed E-state index contributed by atoms with van der Waals surface area (Å²) < 4.78 is 0. The lowest BCUT2D eigenvalue weighted by Gasteiger charge is -2.39. The number of carbonyl (C=O) groups excluding carboxylic acids is 3. The zero-order chi connectivity index (χ0) is 22.0. The smallest absolute Gasteiger partial charge is 0.325 e. The van der Waals surface area contributed by atoms with Crippen molar-refractivity contribution in [2.75, 3.05) is 32.7 Å². The molecular weight excluding hydrogens is 392 g/mol. The third-order valence-corrected chi connectivity index (χ3v) is 7.88. The highest BCUT2D eigenvalue weighted by atomic mass is 16.2. The zero-order valence-corrected chi connectivity index (χ0v) is 19.4. The third kappa shape index (κ3) is 4.91. The van der Waals surface area contributed by atoms with Gasteiger partial charge in [-0.1, -0.05) is 39.5 Å². The van der Waals surface area contributed by atoms with Gasteiger partial charge >= 0.3 is 6.03 Å². The fourth-order valence-corrected chi connectivity index (χ4v) is 6.12. The Kier molecular flexibility index (Phi) is 6.89. The Labute approximate surface area is 186 Å². The van der Waals surface area contributed by atoms with Crippen molar-refractivity contribution in [2.45, 2.75) is 89.6 Å². The van der Waals surface area contributed by atoms with Gasteiger partial charge in [0.1, 0.15) is 5.54 Å². The number of likely N-dealkylation sites (tertiary alicyclic amines) is 2. The van der Waals surface area contributed by atoms with Gasteiger partial charge in [0, 0.05) is 39.1 Å². The van der Waals surface area contributed by atoms with E-state index in [1.807, 2.05) is 4.90 Å². The lowest BCUT2D eigenvalue weighted by molar-refractivity contribution is -0.139. The average molecular weight is 433 g/mol. The van der Waals surface area contributed by atoms with E-state index in [2.05, 4.69) is 24.1 Å². The van der Waals surface area contributed by atoms with Crippen molar-refractivity contribution in [1.29, 1.82) is 0 Å². The Bertz CT molecular complexity index is 680. The standard InChI is InChI=1S/C24H40N4O3/c1-18(2)16-26-14-11-24(12-15-26)22(30)28(23(31)25-24)20-8-5-13-27(17-20)21(29)10-9-19-6-3-4-7-19/h18-20H,3-17H2,1-2H3,(H,25,31)/t20-/m1/s1. The maximum absolute atomic E-state index is 13.4. The third-order valence-electron chi connectivity index (χ3n) is 7.88. The van der Waals surface area contributed by atoms with Crippen LogP contribution in [0.5, 0.6) is 0 Å². The number of piperidine rings is 2. The van der Waals surface area contributed by atoms with E-state index < -0.39 is 5.54 Å². The SMILES string of the molecule is CC(C)CN1CCC2(CC1)NC(=O)N([C@@H]1CCCN(C(=O)CCC3CCCC3)C1)C2=O. The minimum Gasteiger partial charge on any atom is -0.341 e. The van der Waals surface area contributed by atoms with Crippen LogP contribution in [0.1, 0.15) is 78.1 Å². The van der Waals surface area contributed by atoms with E-state index in [1.165, 1.54) is 30.6 Å². The number of nitrogens with zero attached hydrogens (tertiary/aromatic N) is 3. The van der Waals surface area contributed by atoms with Gasteiger partial charge in [-0.25, -0.2) is 4.79 Å². The first-order chi connectivity index (χ1) is 14.9. The van der Waals surface area contributed by atoms with E-state index in [1.54, 1.807) is 0 Å². The predicted octanol–water partition coefficient (Wildman–Crippen LogP) is 2.99. The summed E-state index contributed by atoms with van der Waals surface area (Å²) >= 11 is 0. The van der Waals surface area contributed by atoms with Gasteiger partial charge in [-0.05, 0) is 43.9 Å². The maximum atomic E-state index is 13.4. The molecule has 0 radical (unpaired) electrons. The molecule has 7 nitrogen and oxygen atoms in total. The second-order valence-electron chi connectivity index (χ2n) is 10.7. The van der Waals surface area contributed by atoms with Crippen LogP contribution in [0.3, 0.4) is 0 Å². The van der Waals surface area contributed by atoms with Crippen LogP contribution < -0.4 is 5.32 Å². The number of nitrogens with one attached hydrogen (secondary N) is 1. The summed E-state index contributed by atoms with van der Waals surface area (Å²) in [4.78, 5) is 44.9. The summed E-state index contributed by atoms with van der Waals surface area (Å²) in [5.74, 6) is 1.43. The van der Waals surface area contributed by atoms with Crippen LogP contribution in [0, 0.1) is 11.8 Å². The van der Waals surface area contributed by atoms with E-state index in [0.29, 0.717) is 37.6 Å². The van der Waals surface area contributed by atoms with Gasteiger partial charge in [-0.2, -0.15) is 0 Å². The van der Waals surface area contributed by atoms with E-state index in [9.17, 15) is 14.4 Å². The van der Waals surface area contributed by atoms with Crippen molar-refractivity contribution < 1.29 is 14.4 Å². The van der Waals surface area contributed by atoms with Gasteiger partial charge in [-0.15, -0.1) is 0 Å². The molecule has 1 N–H and O–H groups in total. The summed E-state index contributed by atoms with van der Waals surface area (Å²) in [5.41, 5.74) is -0.737. The number of rotatable bonds is 6. The molecule has 4 aliphatic rings. The van der Waals surface area contributed by atoms with Crippen LogP contribution in [0.15, 0.2) is 0 Å². The van der Waals surface area contributed by atoms with E-state index in [0.717, 1.165) is 45.4 Å². The fourth-order valence-electron chi connectivity index (χ4n) is 6.12. The second-order valence-corrected chi connectivity index (χ2v) is 10.7. The summed E-state index contributed by atoms with van der Waals surface area (Å²) in [6.45, 7) is 8.37. The highest BCUT2D eigenvalue weighted by Gasteiger charge is 2.54. The Morgan fingerprint density at radius 3 is 2.45 bits per heavy atom. The highest BCUT2D eigenvalue weighted by Crippen LogP contribution is 2.33. The minimum absolute atomic E-state index is 0.0630. The van der Waals surface area contributed by atoms with Crippen LogP contribution in [-0.4, -0.2) is 76.8 Å². The zero-order valence-electron chi connectivity index (χ0n) is 19.4. The van der Waals surface area contributed by atoms with Crippen molar-refractivity contribution in [2.24, 2.45) is 11.8 Å². The molecule has 0 aromatic heterocycles. The topological polar surface area (TPSA) is 73.0 Å². The second kappa shape index (κ2) is 9.47. The number of hydrogen-bond acceptors (Lipinski definition) is 4. The lowest BCUT2D eigenvalue weighted by atomic mass is 9.86. The molecule has 4 rings (SSSR count). The molecule has 31 heavy (non-hydrogen) atoms. The Balaban J connectivity index is 1.33. The van der Waals surface area contributed by atoms with Crippen LogP contribution >= 0.6 is 0 Å². The first kappa shape index (κ1) is 22.6. The molecule has 1 spiro atoms. The first-order valence-electron chi connectivity index (χ1n) is 12.5. The normalized spacial score (nSPS) is 27.5. The van der Waals surface area contributed by atoms with Crippen LogP contribution in [-0.2, 0) is 9.59 Å². The summed E-state index contributed by atoms with van der Waals surface area (Å²) in [6, 6.07) is -0.447. The van der Waals surface area contributed by atoms with Crippen LogP contribution in [0.4, 0.5) is 4.79 Å². The fraction of sp³-hybridized carbons (Fsp3) is 0.875. The van der Waals surface area contributed by atoms with E-state index >= 15 is 0 Å². The Morgan fingerprint density at radius 1 is 1.06 bits per heavy atom. The monoisotopic (exact) mass is 432 g/mol. The Hall–Kier alpha value is -1.63. The molecule has 174 valence electrons. The Morgan fingerprint density at radius 2 is 1.77 bits per heavy atom. The molecular formula is C24H40N4O3. The quantitative estimate of drug-likeness (QED) is 0.655. The number of carbonyl (C=O) groups is 3. The van der Waals surface area contributed by atoms with Crippen LogP contribution in [0.25, 0.3) is 0 Å². The average Bonchev–Trinajstić information content (AvgIpc) is 3.34. The van der Waals surface area contributed by atoms with E-state index in [4.69, 9.17) is 0 Å². The molecule has 0 aromatic rings. The molecule has 0 bridgehead atoms. The molecule has 4 fully saturated rings. The van der Waals surface area contributed by atoms with Gasteiger partial charge in [-0.3, -0.25) is 14.5 Å². The van der Waals surface area contributed by atoms with Gasteiger partial charge < -0.3 is 15.1 Å². The minimum atomic E-state index is -0.737. The van der Waals surface area contributed by atoms with Crippen molar-refractivity contribution in [1.82, 2.24) is 20.0 Å². The molecule has 4 amide bonds. The van der Waals surface area contributed by atoms with Crippen molar-refractivity contribution in [3.05, 3.63) is 0 Å². The summed E-state index contributed by atoms with van der Waals surface area (Å²) in [7, 11) is 0. The molecule has 1 saturated carbocycles. The van der Waals surface area contributed by atoms with Crippen molar-refractivity contribution in [3.8, 4) is 0 Å². The molecule has 0 unspecified atom stereocenters. The van der Waals surface area contributed by atoms with Crippen molar-refractivity contribution >= 4 is 17.8 Å². The van der Waals surface area contributed by atoms with E-state index in [-0.39, 0.29) is 23.9 Å². The number of hydrogen-bond donors (Lipinski definition) is 1. The summed E-state index contributed by atoms with van der Waals surface area (Å²) in [5, 5.41) is 3.05. The molecule has 1 aliphatic carbocycles. The molecule has 3 aliphatic heterocycles. The predicted molar refractivity (Wildman–Crippen MR) is 119 cm³/mol. The van der Waals surface area contributed by atoms with Crippen LogP contribution in [0.2, 0.25) is 0 Å². The summed E-state index contributed by atoms with van der Waals surface area (Å²) in [6.07, 6.45) is 9.71. The van der Waals surface area contributed by atoms with Gasteiger partial charge in [0.15, 0.2) is 0 Å². The molecule has 3 saturated heterocycles. The number of amides is 4. The van der Waals surface area contributed by atoms with Crippen molar-refractivity contribution in [3.63, 3.8) is 0 Å². The van der Waals surface area contributed by atoms with Gasteiger partial charge in [0.05, 0.1) is 6.04 Å². The maximum Gasteiger partial charge on any atom is 0.325 e. The molecule has 1 atom stereocenters. The highest BCUT2D eigenvalue weighted by molar-refractivity contribution is 6.07. The lowest BCUT2D eigenvalue weighted by Crippen LogP contribution is -2.56. The molecule has 3 heterocycles.